The van der Waals surface area contributed by atoms with Crippen LogP contribution in [0.4, 0.5) is 0 Å². The first-order valence-corrected chi connectivity index (χ1v) is 7.24. The summed E-state index contributed by atoms with van der Waals surface area (Å²) in [5, 5.41) is 1.08. The van der Waals surface area contributed by atoms with Crippen LogP contribution in [0.25, 0.3) is 0 Å². The lowest BCUT2D eigenvalue weighted by molar-refractivity contribution is 1.05. The molecule has 1 nitrogen and oxygen atoms in total. The van der Waals surface area contributed by atoms with Crippen LogP contribution in [0.15, 0.2) is 45.9 Å². The minimum atomic E-state index is 0.968. The number of pyridine rings is 1. The highest BCUT2D eigenvalue weighted by Gasteiger charge is 2.01. The van der Waals surface area contributed by atoms with Crippen molar-refractivity contribution in [2.45, 2.75) is 24.6 Å². The fourth-order valence-corrected chi connectivity index (χ4v) is 2.64. The molecular formula is C14H14BrNS. The van der Waals surface area contributed by atoms with Gasteiger partial charge in [0.05, 0.1) is 10.7 Å². The number of rotatable bonds is 3. The predicted octanol–water partition coefficient (Wildman–Crippen LogP) is 4.75. The van der Waals surface area contributed by atoms with Crippen molar-refractivity contribution in [1.82, 2.24) is 4.98 Å². The molecule has 88 valence electrons. The van der Waals surface area contributed by atoms with E-state index >= 15 is 0 Å². The van der Waals surface area contributed by atoms with Gasteiger partial charge >= 0.3 is 0 Å². The van der Waals surface area contributed by atoms with E-state index in [-0.39, 0.29) is 0 Å². The summed E-state index contributed by atoms with van der Waals surface area (Å²) in [6.07, 6.45) is 0. The van der Waals surface area contributed by atoms with Crippen LogP contribution in [0.5, 0.6) is 0 Å². The van der Waals surface area contributed by atoms with Crippen molar-refractivity contribution >= 4 is 27.7 Å². The molecular weight excluding hydrogens is 294 g/mol. The van der Waals surface area contributed by atoms with Crippen LogP contribution >= 0.6 is 27.7 Å². The number of hydrogen-bond donors (Lipinski definition) is 0. The van der Waals surface area contributed by atoms with E-state index in [4.69, 9.17) is 0 Å². The number of aromatic nitrogens is 1. The molecule has 0 radical (unpaired) electrons. The molecule has 0 aliphatic heterocycles. The van der Waals surface area contributed by atoms with Crippen molar-refractivity contribution in [3.63, 3.8) is 0 Å². The molecule has 1 aromatic carbocycles. The van der Waals surface area contributed by atoms with Crippen LogP contribution in [-0.4, -0.2) is 4.98 Å². The molecule has 0 aliphatic carbocycles. The van der Waals surface area contributed by atoms with Gasteiger partial charge in [-0.1, -0.05) is 29.8 Å². The highest BCUT2D eigenvalue weighted by atomic mass is 79.9. The summed E-state index contributed by atoms with van der Waals surface area (Å²) in [5.74, 6) is 0.968. The van der Waals surface area contributed by atoms with Crippen LogP contribution in [0.2, 0.25) is 0 Å². The van der Waals surface area contributed by atoms with E-state index in [1.165, 1.54) is 11.1 Å². The van der Waals surface area contributed by atoms with Gasteiger partial charge in [0.1, 0.15) is 0 Å². The molecule has 1 heterocycles. The normalized spacial score (nSPS) is 10.5. The monoisotopic (exact) mass is 307 g/mol. The first-order valence-electron chi connectivity index (χ1n) is 5.46. The highest BCUT2D eigenvalue weighted by Crippen LogP contribution is 2.24. The van der Waals surface area contributed by atoms with Crippen molar-refractivity contribution in [3.05, 3.63) is 57.7 Å². The Morgan fingerprint density at radius 2 is 2.00 bits per heavy atom. The molecule has 0 saturated heterocycles. The maximum absolute atomic E-state index is 4.53. The second-order valence-electron chi connectivity index (χ2n) is 3.99. The van der Waals surface area contributed by atoms with Crippen LogP contribution in [0, 0.1) is 13.8 Å². The van der Waals surface area contributed by atoms with E-state index in [1.807, 2.05) is 6.92 Å². The Hall–Kier alpha value is -0.800. The zero-order valence-electron chi connectivity index (χ0n) is 9.90. The number of nitrogens with zero attached hydrogens (tertiary/aromatic N) is 1. The standard InChI is InChI=1S/C14H14BrNS/c1-10-4-3-5-12(8-10)9-17-14-7-6-13(15)11(2)16-14/h3-8H,9H2,1-2H3. The molecule has 0 atom stereocenters. The SMILES string of the molecule is Cc1cccc(CSc2ccc(Br)c(C)n2)c1. The van der Waals surface area contributed by atoms with Crippen LogP contribution < -0.4 is 0 Å². The average Bonchev–Trinajstić information content (AvgIpc) is 2.31. The lowest BCUT2D eigenvalue weighted by Crippen LogP contribution is -1.87. The summed E-state index contributed by atoms with van der Waals surface area (Å²) < 4.78 is 1.07. The number of halogens is 1. The zero-order chi connectivity index (χ0) is 12.3. The fourth-order valence-electron chi connectivity index (χ4n) is 1.56. The molecule has 0 amide bonds. The van der Waals surface area contributed by atoms with E-state index in [9.17, 15) is 0 Å². The van der Waals surface area contributed by atoms with Crippen LogP contribution in [0.3, 0.4) is 0 Å². The fraction of sp³-hybridized carbons (Fsp3) is 0.214. The van der Waals surface area contributed by atoms with Gasteiger partial charge in [0.25, 0.3) is 0 Å². The van der Waals surface area contributed by atoms with Gasteiger partial charge in [0.2, 0.25) is 0 Å². The molecule has 0 bridgehead atoms. The Morgan fingerprint density at radius 3 is 2.71 bits per heavy atom. The van der Waals surface area contributed by atoms with E-state index < -0.39 is 0 Å². The Labute approximate surface area is 115 Å². The summed E-state index contributed by atoms with van der Waals surface area (Å²) in [5.41, 5.74) is 3.69. The summed E-state index contributed by atoms with van der Waals surface area (Å²) in [4.78, 5) is 4.53. The third kappa shape index (κ3) is 3.58. The van der Waals surface area contributed by atoms with Crippen LogP contribution in [-0.2, 0) is 5.75 Å². The third-order valence-electron chi connectivity index (χ3n) is 2.46. The largest absolute Gasteiger partial charge is 0.246 e. The second kappa shape index (κ2) is 5.69. The van der Waals surface area contributed by atoms with Gasteiger partial charge in [0, 0.05) is 10.2 Å². The molecule has 2 rings (SSSR count). The Morgan fingerprint density at radius 1 is 1.18 bits per heavy atom. The lowest BCUT2D eigenvalue weighted by atomic mass is 10.2. The molecule has 0 spiro atoms. The third-order valence-corrected chi connectivity index (χ3v) is 4.30. The summed E-state index contributed by atoms with van der Waals surface area (Å²) in [6, 6.07) is 12.7. The minimum Gasteiger partial charge on any atom is -0.246 e. The van der Waals surface area contributed by atoms with Gasteiger partial charge in [-0.15, -0.1) is 11.8 Å². The zero-order valence-corrected chi connectivity index (χ0v) is 12.3. The summed E-state index contributed by atoms with van der Waals surface area (Å²) in [7, 11) is 0. The van der Waals surface area contributed by atoms with Gasteiger partial charge in [-0.3, -0.25) is 0 Å². The first-order chi connectivity index (χ1) is 8.15. The smallest absolute Gasteiger partial charge is 0.0967 e. The highest BCUT2D eigenvalue weighted by molar-refractivity contribution is 9.10. The minimum absolute atomic E-state index is 0.968. The molecule has 0 unspecified atom stereocenters. The Balaban J connectivity index is 2.05. The molecule has 3 heteroatoms. The van der Waals surface area contributed by atoms with Gasteiger partial charge in [-0.2, -0.15) is 0 Å². The molecule has 2 aromatic rings. The van der Waals surface area contributed by atoms with E-state index in [1.54, 1.807) is 11.8 Å². The van der Waals surface area contributed by atoms with Gasteiger partial charge in [0.15, 0.2) is 0 Å². The van der Waals surface area contributed by atoms with Crippen molar-refractivity contribution in [2.75, 3.05) is 0 Å². The van der Waals surface area contributed by atoms with Crippen molar-refractivity contribution in [3.8, 4) is 0 Å². The number of benzene rings is 1. The first kappa shape index (κ1) is 12.7. The molecule has 0 N–H and O–H groups in total. The summed E-state index contributed by atoms with van der Waals surface area (Å²) >= 11 is 5.24. The van der Waals surface area contributed by atoms with Crippen molar-refractivity contribution in [1.29, 1.82) is 0 Å². The van der Waals surface area contributed by atoms with Crippen LogP contribution in [0.1, 0.15) is 16.8 Å². The Kier molecular flexibility index (Phi) is 4.24. The predicted molar refractivity (Wildman–Crippen MR) is 77.4 cm³/mol. The molecule has 1 aromatic heterocycles. The number of thioether (sulfide) groups is 1. The number of aryl methyl sites for hydroxylation is 2. The molecule has 0 fully saturated rings. The second-order valence-corrected chi connectivity index (χ2v) is 5.84. The number of hydrogen-bond acceptors (Lipinski definition) is 2. The van der Waals surface area contributed by atoms with E-state index in [2.05, 4.69) is 64.2 Å². The summed E-state index contributed by atoms with van der Waals surface area (Å²) in [6.45, 7) is 4.14. The van der Waals surface area contributed by atoms with Gasteiger partial charge < -0.3 is 0 Å². The van der Waals surface area contributed by atoms with Crippen molar-refractivity contribution in [2.24, 2.45) is 0 Å². The van der Waals surface area contributed by atoms with Crippen molar-refractivity contribution < 1.29 is 0 Å². The maximum atomic E-state index is 4.53. The molecule has 0 saturated carbocycles. The quantitative estimate of drug-likeness (QED) is 0.759. The van der Waals surface area contributed by atoms with E-state index in [0.29, 0.717) is 0 Å². The van der Waals surface area contributed by atoms with E-state index in [0.717, 1.165) is 20.9 Å². The maximum Gasteiger partial charge on any atom is 0.0967 e. The average molecular weight is 308 g/mol. The molecule has 17 heavy (non-hydrogen) atoms. The lowest BCUT2D eigenvalue weighted by Gasteiger charge is -2.04. The molecule has 0 aliphatic rings. The van der Waals surface area contributed by atoms with Gasteiger partial charge in [-0.05, 0) is 47.5 Å². The van der Waals surface area contributed by atoms with Gasteiger partial charge in [-0.25, -0.2) is 4.98 Å². The Bertz CT molecular complexity index is 525. The topological polar surface area (TPSA) is 12.9 Å².